The number of hydrogen-bond acceptors (Lipinski definition) is 5. The maximum absolute atomic E-state index is 12.5. The zero-order valence-electron chi connectivity index (χ0n) is 15.4. The van der Waals surface area contributed by atoms with Gasteiger partial charge in [-0.1, -0.05) is 29.3 Å². The zero-order chi connectivity index (χ0) is 20.7. The Morgan fingerprint density at radius 1 is 1.24 bits per heavy atom. The van der Waals surface area contributed by atoms with Gasteiger partial charge in [-0.05, 0) is 24.6 Å². The Hall–Kier alpha value is -2.68. The Kier molecular flexibility index (Phi) is 5.16. The van der Waals surface area contributed by atoms with Crippen LogP contribution < -0.4 is 10.9 Å². The van der Waals surface area contributed by atoms with Crippen molar-refractivity contribution in [2.24, 2.45) is 7.05 Å². The topological polar surface area (TPSA) is 81.8 Å². The van der Waals surface area contributed by atoms with E-state index >= 15 is 0 Å². The lowest BCUT2D eigenvalue weighted by molar-refractivity contribution is -0.116. The molecule has 29 heavy (non-hydrogen) atoms. The molecule has 0 bridgehead atoms. The minimum atomic E-state index is -0.243. The normalized spacial score (nSPS) is 11.2. The molecule has 1 aromatic carbocycles. The van der Waals surface area contributed by atoms with Gasteiger partial charge in [0.15, 0.2) is 10.8 Å². The van der Waals surface area contributed by atoms with E-state index in [9.17, 15) is 9.59 Å². The second-order valence-electron chi connectivity index (χ2n) is 6.48. The number of benzene rings is 1. The maximum Gasteiger partial charge on any atom is 0.252 e. The molecule has 148 valence electrons. The van der Waals surface area contributed by atoms with E-state index in [0.29, 0.717) is 26.5 Å². The third-order valence-electron chi connectivity index (χ3n) is 4.46. The molecule has 7 nitrogen and oxygen atoms in total. The van der Waals surface area contributed by atoms with E-state index in [1.807, 2.05) is 18.4 Å². The molecule has 0 aliphatic carbocycles. The predicted molar refractivity (Wildman–Crippen MR) is 116 cm³/mol. The molecule has 10 heteroatoms. The van der Waals surface area contributed by atoms with Crippen LogP contribution in [0.2, 0.25) is 10.0 Å². The number of hydrogen-bond donors (Lipinski definition) is 1. The average molecular weight is 448 g/mol. The van der Waals surface area contributed by atoms with Crippen molar-refractivity contribution in [2.75, 3.05) is 5.32 Å². The van der Waals surface area contributed by atoms with Crippen LogP contribution in [0.5, 0.6) is 0 Å². The number of nitrogens with one attached hydrogen (secondary N) is 1. The van der Waals surface area contributed by atoms with Crippen molar-refractivity contribution in [2.45, 2.75) is 13.5 Å². The summed E-state index contributed by atoms with van der Waals surface area (Å²) in [6.45, 7) is 1.88. The monoisotopic (exact) mass is 447 g/mol. The molecular weight excluding hydrogens is 433 g/mol. The van der Waals surface area contributed by atoms with E-state index in [0.717, 1.165) is 16.6 Å². The summed E-state index contributed by atoms with van der Waals surface area (Å²) in [5, 5.41) is 6.03. The summed E-state index contributed by atoms with van der Waals surface area (Å²) in [5.41, 5.74) is 3.43. The molecule has 4 aromatic rings. The van der Waals surface area contributed by atoms with Crippen LogP contribution in [0.15, 0.2) is 40.8 Å². The van der Waals surface area contributed by atoms with E-state index in [-0.39, 0.29) is 18.0 Å². The molecule has 4 rings (SSSR count). The third-order valence-corrected chi connectivity index (χ3v) is 5.96. The number of anilines is 1. The van der Waals surface area contributed by atoms with Crippen molar-refractivity contribution in [1.29, 1.82) is 0 Å². The highest BCUT2D eigenvalue weighted by molar-refractivity contribution is 7.14. The maximum atomic E-state index is 12.5. The van der Waals surface area contributed by atoms with Gasteiger partial charge in [-0.3, -0.25) is 14.2 Å². The summed E-state index contributed by atoms with van der Waals surface area (Å²) in [6, 6.07) is 6.79. The van der Waals surface area contributed by atoms with Crippen LogP contribution in [0.3, 0.4) is 0 Å². The molecular formula is C19H15Cl2N5O2S. The number of aryl methyl sites for hydroxylation is 2. The molecule has 0 aliphatic heterocycles. The number of aromatic nitrogens is 4. The molecule has 0 unspecified atom stereocenters. The van der Waals surface area contributed by atoms with Crippen molar-refractivity contribution in [3.05, 3.63) is 61.9 Å². The standard InChI is InChI=1S/C19H15Cl2N5O2S/c1-10-5-16(28)25(2)18-17(10)26(9-22-18)7-15(27)24-19-23-14(8-29-19)11-3-4-12(20)13(21)6-11/h3-6,8-9H,7H2,1-2H3,(H,23,24,27). The number of carbonyl (C=O) groups excluding carboxylic acids is 1. The molecule has 0 fully saturated rings. The highest BCUT2D eigenvalue weighted by atomic mass is 35.5. The van der Waals surface area contributed by atoms with Crippen LogP contribution in [-0.4, -0.2) is 25.0 Å². The number of amides is 1. The van der Waals surface area contributed by atoms with Crippen molar-refractivity contribution in [3.8, 4) is 11.3 Å². The highest BCUT2D eigenvalue weighted by Gasteiger charge is 2.14. The summed E-state index contributed by atoms with van der Waals surface area (Å²) < 4.78 is 3.17. The molecule has 1 N–H and O–H groups in total. The Bertz CT molecular complexity index is 1310. The van der Waals surface area contributed by atoms with Gasteiger partial charge in [0.2, 0.25) is 5.91 Å². The zero-order valence-corrected chi connectivity index (χ0v) is 17.8. The summed E-state index contributed by atoms with van der Waals surface area (Å²) >= 11 is 13.3. The second kappa shape index (κ2) is 7.62. The van der Waals surface area contributed by atoms with Crippen LogP contribution in [0, 0.1) is 6.92 Å². The largest absolute Gasteiger partial charge is 0.320 e. The van der Waals surface area contributed by atoms with E-state index in [1.54, 1.807) is 30.1 Å². The first-order valence-electron chi connectivity index (χ1n) is 8.56. The van der Waals surface area contributed by atoms with Gasteiger partial charge in [-0.15, -0.1) is 11.3 Å². The molecule has 3 aromatic heterocycles. The first-order valence-corrected chi connectivity index (χ1v) is 10.2. The Morgan fingerprint density at radius 3 is 2.79 bits per heavy atom. The van der Waals surface area contributed by atoms with Gasteiger partial charge < -0.3 is 9.88 Å². The van der Waals surface area contributed by atoms with Gasteiger partial charge in [0.25, 0.3) is 5.56 Å². The fourth-order valence-electron chi connectivity index (χ4n) is 3.03. The number of halogens is 2. The van der Waals surface area contributed by atoms with Crippen molar-refractivity contribution in [3.63, 3.8) is 0 Å². The highest BCUT2D eigenvalue weighted by Crippen LogP contribution is 2.30. The number of imidazole rings is 1. The lowest BCUT2D eigenvalue weighted by Gasteiger charge is -2.07. The van der Waals surface area contributed by atoms with Crippen LogP contribution in [-0.2, 0) is 18.4 Å². The van der Waals surface area contributed by atoms with Gasteiger partial charge in [-0.2, -0.15) is 0 Å². The molecule has 0 aliphatic rings. The lowest BCUT2D eigenvalue weighted by atomic mass is 10.2. The smallest absolute Gasteiger partial charge is 0.252 e. The quantitative estimate of drug-likeness (QED) is 0.510. The summed E-state index contributed by atoms with van der Waals surface area (Å²) in [4.78, 5) is 33.1. The molecule has 0 atom stereocenters. The van der Waals surface area contributed by atoms with E-state index in [4.69, 9.17) is 23.2 Å². The molecule has 0 spiro atoms. The van der Waals surface area contributed by atoms with Gasteiger partial charge >= 0.3 is 0 Å². The molecule has 0 saturated carbocycles. The number of pyridine rings is 1. The van der Waals surface area contributed by atoms with Gasteiger partial charge in [0.1, 0.15) is 6.54 Å². The first-order chi connectivity index (χ1) is 13.8. The minimum absolute atomic E-state index is 0.0528. The summed E-state index contributed by atoms with van der Waals surface area (Å²) in [5.74, 6) is -0.243. The number of thiazole rings is 1. The Labute approximate surface area is 179 Å². The fraction of sp³-hybridized carbons (Fsp3) is 0.158. The van der Waals surface area contributed by atoms with E-state index in [2.05, 4.69) is 15.3 Å². The average Bonchev–Trinajstić information content (AvgIpc) is 3.30. The number of carbonyl (C=O) groups is 1. The summed E-state index contributed by atoms with van der Waals surface area (Å²) in [6.07, 6.45) is 1.56. The minimum Gasteiger partial charge on any atom is -0.320 e. The van der Waals surface area contributed by atoms with Crippen LogP contribution in [0.4, 0.5) is 5.13 Å². The first kappa shape index (κ1) is 19.6. The fourth-order valence-corrected chi connectivity index (χ4v) is 4.06. The van der Waals surface area contributed by atoms with Crippen molar-refractivity contribution >= 4 is 56.7 Å². The third kappa shape index (κ3) is 3.78. The van der Waals surface area contributed by atoms with E-state index < -0.39 is 0 Å². The number of fused-ring (bicyclic) bond motifs is 1. The Balaban J connectivity index is 1.53. The molecule has 3 heterocycles. The van der Waals surface area contributed by atoms with Crippen LogP contribution in [0.1, 0.15) is 5.56 Å². The molecule has 1 amide bonds. The van der Waals surface area contributed by atoms with Crippen LogP contribution >= 0.6 is 34.5 Å². The van der Waals surface area contributed by atoms with Crippen molar-refractivity contribution in [1.82, 2.24) is 19.1 Å². The molecule has 0 radical (unpaired) electrons. The van der Waals surface area contributed by atoms with Crippen LogP contribution in [0.25, 0.3) is 22.4 Å². The summed E-state index contributed by atoms with van der Waals surface area (Å²) in [7, 11) is 1.65. The van der Waals surface area contributed by atoms with Gasteiger partial charge in [-0.25, -0.2) is 9.97 Å². The van der Waals surface area contributed by atoms with Gasteiger partial charge in [0.05, 0.1) is 27.6 Å². The number of rotatable bonds is 4. The lowest BCUT2D eigenvalue weighted by Crippen LogP contribution is -2.20. The van der Waals surface area contributed by atoms with Gasteiger partial charge in [0, 0.05) is 24.1 Å². The van der Waals surface area contributed by atoms with Crippen molar-refractivity contribution < 1.29 is 4.79 Å². The second-order valence-corrected chi connectivity index (χ2v) is 8.16. The van der Waals surface area contributed by atoms with E-state index in [1.165, 1.54) is 22.0 Å². The number of nitrogens with zero attached hydrogens (tertiary/aromatic N) is 4. The Morgan fingerprint density at radius 2 is 2.03 bits per heavy atom. The molecule has 0 saturated heterocycles. The predicted octanol–water partition coefficient (Wildman–Crippen LogP) is 4.11. The SMILES string of the molecule is Cc1cc(=O)n(C)c2ncn(CC(=O)Nc3nc(-c4ccc(Cl)c(Cl)c4)cs3)c12.